The Morgan fingerprint density at radius 1 is 1.29 bits per heavy atom. The van der Waals surface area contributed by atoms with Crippen molar-refractivity contribution >= 4 is 23.5 Å². The molecule has 2 atom stereocenters. The van der Waals surface area contributed by atoms with Gasteiger partial charge in [0.25, 0.3) is 0 Å². The molecule has 1 aromatic rings. The van der Waals surface area contributed by atoms with Crippen LogP contribution in [0.25, 0.3) is 0 Å². The first kappa shape index (κ1) is 17.5. The van der Waals surface area contributed by atoms with Crippen LogP contribution in [-0.2, 0) is 9.59 Å². The molecule has 1 aromatic carbocycles. The summed E-state index contributed by atoms with van der Waals surface area (Å²) in [5.41, 5.74) is 0.966. The summed E-state index contributed by atoms with van der Waals surface area (Å²) in [5, 5.41) is 12.2. The lowest BCUT2D eigenvalue weighted by Crippen LogP contribution is -2.44. The first-order valence-electron chi connectivity index (χ1n) is 6.79. The van der Waals surface area contributed by atoms with Gasteiger partial charge in [-0.3, -0.25) is 14.5 Å². The van der Waals surface area contributed by atoms with Crippen molar-refractivity contribution in [1.29, 1.82) is 0 Å². The molecule has 0 saturated heterocycles. The van der Waals surface area contributed by atoms with Crippen LogP contribution < -0.4 is 5.32 Å². The van der Waals surface area contributed by atoms with Gasteiger partial charge in [-0.2, -0.15) is 0 Å². The quantitative estimate of drug-likeness (QED) is 0.810. The third-order valence-corrected chi connectivity index (χ3v) is 3.70. The lowest BCUT2D eigenvalue weighted by molar-refractivity contribution is -0.138. The summed E-state index contributed by atoms with van der Waals surface area (Å²) >= 11 is 5.83. The fourth-order valence-electron chi connectivity index (χ4n) is 1.83. The van der Waals surface area contributed by atoms with Crippen LogP contribution in [0.3, 0.4) is 0 Å². The maximum absolute atomic E-state index is 12.2. The van der Waals surface area contributed by atoms with Crippen molar-refractivity contribution < 1.29 is 14.7 Å². The highest BCUT2D eigenvalue weighted by atomic mass is 35.5. The average Bonchev–Trinajstić information content (AvgIpc) is 2.44. The SMILES string of the molecule is CC(NC(=O)C(C)N(C)CCC(=O)O)c1ccc(Cl)cc1. The Balaban J connectivity index is 2.54. The fourth-order valence-corrected chi connectivity index (χ4v) is 1.96. The second kappa shape index (κ2) is 8.00. The minimum absolute atomic E-state index is 0.0147. The van der Waals surface area contributed by atoms with Gasteiger partial charge in [-0.15, -0.1) is 0 Å². The number of nitrogens with zero attached hydrogens (tertiary/aromatic N) is 1. The van der Waals surface area contributed by atoms with Crippen molar-refractivity contribution in [3.8, 4) is 0 Å². The van der Waals surface area contributed by atoms with Gasteiger partial charge in [-0.1, -0.05) is 23.7 Å². The van der Waals surface area contributed by atoms with E-state index < -0.39 is 5.97 Å². The van der Waals surface area contributed by atoms with Gasteiger partial charge < -0.3 is 10.4 Å². The number of nitrogens with one attached hydrogen (secondary N) is 1. The Morgan fingerprint density at radius 3 is 2.38 bits per heavy atom. The van der Waals surface area contributed by atoms with Gasteiger partial charge >= 0.3 is 5.97 Å². The van der Waals surface area contributed by atoms with Crippen molar-refractivity contribution in [2.75, 3.05) is 13.6 Å². The third kappa shape index (κ3) is 5.73. The van der Waals surface area contributed by atoms with E-state index in [-0.39, 0.29) is 24.4 Å². The number of likely N-dealkylation sites (N-methyl/N-ethyl adjacent to an activating group) is 1. The number of rotatable bonds is 7. The predicted octanol–water partition coefficient (Wildman–Crippen LogP) is 2.31. The van der Waals surface area contributed by atoms with E-state index in [1.54, 1.807) is 31.0 Å². The van der Waals surface area contributed by atoms with Crippen LogP contribution in [-0.4, -0.2) is 41.5 Å². The summed E-state index contributed by atoms with van der Waals surface area (Å²) in [6, 6.07) is 6.77. The van der Waals surface area contributed by atoms with Crippen LogP contribution in [0.15, 0.2) is 24.3 Å². The summed E-state index contributed by atoms with van der Waals surface area (Å²) in [7, 11) is 1.74. The standard InChI is InChI=1S/C15H21ClN2O3/c1-10(12-4-6-13(16)7-5-12)17-15(21)11(2)18(3)9-8-14(19)20/h4-7,10-11H,8-9H2,1-3H3,(H,17,21)(H,19,20). The van der Waals surface area contributed by atoms with Crippen LogP contribution in [0.4, 0.5) is 0 Å². The number of carboxylic acids is 1. The molecular formula is C15H21ClN2O3. The number of carbonyl (C=O) groups excluding carboxylic acids is 1. The average molecular weight is 313 g/mol. The maximum atomic E-state index is 12.2. The predicted molar refractivity (Wildman–Crippen MR) is 82.4 cm³/mol. The highest BCUT2D eigenvalue weighted by molar-refractivity contribution is 6.30. The molecule has 2 unspecified atom stereocenters. The van der Waals surface area contributed by atoms with E-state index in [1.807, 2.05) is 19.1 Å². The molecule has 0 spiro atoms. The maximum Gasteiger partial charge on any atom is 0.304 e. The number of amides is 1. The lowest BCUT2D eigenvalue weighted by Gasteiger charge is -2.25. The molecule has 0 aliphatic heterocycles. The van der Waals surface area contributed by atoms with Crippen molar-refractivity contribution in [2.24, 2.45) is 0 Å². The normalized spacial score (nSPS) is 13.8. The Morgan fingerprint density at radius 2 is 1.86 bits per heavy atom. The number of carbonyl (C=O) groups is 2. The first-order valence-corrected chi connectivity index (χ1v) is 7.17. The number of aliphatic carboxylic acids is 1. The molecule has 1 amide bonds. The first-order chi connectivity index (χ1) is 9.81. The zero-order valence-electron chi connectivity index (χ0n) is 12.5. The smallest absolute Gasteiger partial charge is 0.304 e. The van der Waals surface area contributed by atoms with E-state index in [9.17, 15) is 9.59 Å². The fraction of sp³-hybridized carbons (Fsp3) is 0.467. The third-order valence-electron chi connectivity index (χ3n) is 3.45. The van der Waals surface area contributed by atoms with Crippen LogP contribution >= 0.6 is 11.6 Å². The molecule has 0 fully saturated rings. The number of hydrogen-bond donors (Lipinski definition) is 2. The zero-order chi connectivity index (χ0) is 16.0. The molecule has 2 N–H and O–H groups in total. The molecule has 0 aliphatic rings. The van der Waals surface area contributed by atoms with Crippen molar-refractivity contribution in [3.05, 3.63) is 34.9 Å². The molecule has 0 aromatic heterocycles. The summed E-state index contributed by atoms with van der Waals surface area (Å²) in [5.74, 6) is -1.01. The van der Waals surface area contributed by atoms with E-state index in [0.717, 1.165) is 5.56 Å². The second-order valence-electron chi connectivity index (χ2n) is 5.08. The Kier molecular flexibility index (Phi) is 6.65. The van der Waals surface area contributed by atoms with E-state index >= 15 is 0 Å². The van der Waals surface area contributed by atoms with Crippen molar-refractivity contribution in [3.63, 3.8) is 0 Å². The van der Waals surface area contributed by atoms with Gasteiger partial charge in [0.05, 0.1) is 18.5 Å². The van der Waals surface area contributed by atoms with Crippen LogP contribution in [0.2, 0.25) is 5.02 Å². The minimum atomic E-state index is -0.871. The molecule has 0 bridgehead atoms. The molecular weight excluding hydrogens is 292 g/mol. The lowest BCUT2D eigenvalue weighted by atomic mass is 10.1. The van der Waals surface area contributed by atoms with Crippen molar-refractivity contribution in [1.82, 2.24) is 10.2 Å². The number of benzene rings is 1. The van der Waals surface area contributed by atoms with Gasteiger partial charge in [0.15, 0.2) is 0 Å². The van der Waals surface area contributed by atoms with E-state index in [0.29, 0.717) is 11.6 Å². The summed E-state index contributed by atoms with van der Waals surface area (Å²) < 4.78 is 0. The van der Waals surface area contributed by atoms with E-state index in [2.05, 4.69) is 5.32 Å². The number of carboxylic acid groups (broad SMARTS) is 1. The molecule has 6 heteroatoms. The minimum Gasteiger partial charge on any atom is -0.481 e. The number of halogens is 1. The largest absolute Gasteiger partial charge is 0.481 e. The molecule has 0 saturated carbocycles. The zero-order valence-corrected chi connectivity index (χ0v) is 13.2. The molecule has 21 heavy (non-hydrogen) atoms. The van der Waals surface area contributed by atoms with E-state index in [4.69, 9.17) is 16.7 Å². The summed E-state index contributed by atoms with van der Waals surface area (Å²) in [6.07, 6.45) is 0.0147. The summed E-state index contributed by atoms with van der Waals surface area (Å²) in [6.45, 7) is 3.98. The van der Waals surface area contributed by atoms with Gasteiger partial charge in [0.2, 0.25) is 5.91 Å². The topological polar surface area (TPSA) is 69.6 Å². The molecule has 0 radical (unpaired) electrons. The van der Waals surface area contributed by atoms with Crippen LogP contribution in [0, 0.1) is 0 Å². The van der Waals surface area contributed by atoms with Gasteiger partial charge in [-0.05, 0) is 38.6 Å². The van der Waals surface area contributed by atoms with Crippen LogP contribution in [0.5, 0.6) is 0 Å². The molecule has 1 rings (SSSR count). The second-order valence-corrected chi connectivity index (χ2v) is 5.52. The molecule has 116 valence electrons. The number of hydrogen-bond acceptors (Lipinski definition) is 3. The molecule has 0 heterocycles. The highest BCUT2D eigenvalue weighted by Gasteiger charge is 2.20. The molecule has 5 nitrogen and oxygen atoms in total. The highest BCUT2D eigenvalue weighted by Crippen LogP contribution is 2.16. The van der Waals surface area contributed by atoms with Crippen LogP contribution in [0.1, 0.15) is 31.9 Å². The Hall–Kier alpha value is -1.59. The molecule has 0 aliphatic carbocycles. The van der Waals surface area contributed by atoms with Gasteiger partial charge in [0, 0.05) is 11.6 Å². The van der Waals surface area contributed by atoms with Crippen molar-refractivity contribution in [2.45, 2.75) is 32.4 Å². The van der Waals surface area contributed by atoms with E-state index in [1.165, 1.54) is 0 Å². The monoisotopic (exact) mass is 312 g/mol. The Labute approximate surface area is 129 Å². The van der Waals surface area contributed by atoms with Gasteiger partial charge in [-0.25, -0.2) is 0 Å². The summed E-state index contributed by atoms with van der Waals surface area (Å²) in [4.78, 5) is 24.4. The van der Waals surface area contributed by atoms with Gasteiger partial charge in [0.1, 0.15) is 0 Å². The Bertz CT molecular complexity index is 490.